The molecule has 0 heterocycles. The summed E-state index contributed by atoms with van der Waals surface area (Å²) in [5, 5.41) is 0.517. The Morgan fingerprint density at radius 1 is 1.04 bits per heavy atom. The summed E-state index contributed by atoms with van der Waals surface area (Å²) in [5.74, 6) is -1.19. The first-order chi connectivity index (χ1) is 11.1. The molecular formula is C18H17ClO4. The molecule has 0 aliphatic rings. The van der Waals surface area contributed by atoms with Crippen LogP contribution >= 0.6 is 11.6 Å². The van der Waals surface area contributed by atoms with Crippen molar-refractivity contribution in [1.82, 2.24) is 0 Å². The van der Waals surface area contributed by atoms with Gasteiger partial charge in [0.1, 0.15) is 0 Å². The van der Waals surface area contributed by atoms with Crippen LogP contribution in [0.2, 0.25) is 5.02 Å². The van der Waals surface area contributed by atoms with Gasteiger partial charge in [-0.05, 0) is 30.7 Å². The largest absolute Gasteiger partial charge is 0.463 e. The molecule has 0 N–H and O–H groups in total. The van der Waals surface area contributed by atoms with Gasteiger partial charge in [0.05, 0.1) is 12.2 Å². The van der Waals surface area contributed by atoms with Crippen LogP contribution in [0.1, 0.15) is 35.4 Å². The SMILES string of the molecule is CCCOC(=O)C(OC(=O)c1ccc(Cl)cc1)c1ccccc1. The second-order valence-corrected chi connectivity index (χ2v) is 5.31. The van der Waals surface area contributed by atoms with Gasteiger partial charge in [0.15, 0.2) is 0 Å². The van der Waals surface area contributed by atoms with Gasteiger partial charge in [0.2, 0.25) is 6.10 Å². The lowest BCUT2D eigenvalue weighted by Crippen LogP contribution is -2.22. The van der Waals surface area contributed by atoms with Crippen molar-refractivity contribution >= 4 is 23.5 Å². The maximum absolute atomic E-state index is 12.2. The fraction of sp³-hybridized carbons (Fsp3) is 0.222. The monoisotopic (exact) mass is 332 g/mol. The Bertz CT molecular complexity index is 652. The van der Waals surface area contributed by atoms with E-state index in [0.717, 1.165) is 0 Å². The van der Waals surface area contributed by atoms with Crippen molar-refractivity contribution < 1.29 is 19.1 Å². The molecule has 2 rings (SSSR count). The second kappa shape index (κ2) is 8.34. The molecule has 0 spiro atoms. The maximum atomic E-state index is 12.2. The molecule has 120 valence electrons. The number of benzene rings is 2. The summed E-state index contributed by atoms with van der Waals surface area (Å²) in [4.78, 5) is 24.4. The first kappa shape index (κ1) is 17.0. The van der Waals surface area contributed by atoms with E-state index in [2.05, 4.69) is 0 Å². The molecule has 0 saturated carbocycles. The number of halogens is 1. The van der Waals surface area contributed by atoms with E-state index in [4.69, 9.17) is 21.1 Å². The summed E-state index contributed by atoms with van der Waals surface area (Å²) in [6, 6.07) is 15.1. The fourth-order valence-corrected chi connectivity index (χ4v) is 2.05. The van der Waals surface area contributed by atoms with Gasteiger partial charge >= 0.3 is 11.9 Å². The van der Waals surface area contributed by atoms with Crippen LogP contribution in [0.3, 0.4) is 0 Å². The van der Waals surface area contributed by atoms with Crippen molar-refractivity contribution in [3.63, 3.8) is 0 Å². The van der Waals surface area contributed by atoms with Crippen molar-refractivity contribution in [3.05, 3.63) is 70.7 Å². The molecule has 0 bridgehead atoms. The molecule has 5 heteroatoms. The van der Waals surface area contributed by atoms with Crippen LogP contribution in [-0.2, 0) is 14.3 Å². The Hall–Kier alpha value is -2.33. The number of rotatable bonds is 6. The second-order valence-electron chi connectivity index (χ2n) is 4.87. The van der Waals surface area contributed by atoms with Gasteiger partial charge in [0, 0.05) is 10.6 Å². The van der Waals surface area contributed by atoms with Crippen molar-refractivity contribution in [2.45, 2.75) is 19.4 Å². The highest BCUT2D eigenvalue weighted by Crippen LogP contribution is 2.21. The van der Waals surface area contributed by atoms with Crippen LogP contribution in [0.15, 0.2) is 54.6 Å². The third-order valence-electron chi connectivity index (χ3n) is 3.07. The molecule has 0 amide bonds. The fourth-order valence-electron chi connectivity index (χ4n) is 1.92. The minimum absolute atomic E-state index is 0.278. The van der Waals surface area contributed by atoms with E-state index in [9.17, 15) is 9.59 Å². The molecule has 1 atom stereocenters. The quantitative estimate of drug-likeness (QED) is 0.744. The summed E-state index contributed by atoms with van der Waals surface area (Å²) >= 11 is 5.80. The molecule has 0 aliphatic heterocycles. The zero-order valence-corrected chi connectivity index (χ0v) is 13.5. The minimum Gasteiger partial charge on any atom is -0.463 e. The number of ether oxygens (including phenoxy) is 2. The molecule has 0 aliphatic carbocycles. The Balaban J connectivity index is 2.18. The van der Waals surface area contributed by atoms with Gasteiger partial charge in [-0.15, -0.1) is 0 Å². The summed E-state index contributed by atoms with van der Waals surface area (Å²) in [6.07, 6.45) is -0.399. The van der Waals surface area contributed by atoms with Gasteiger partial charge in [-0.1, -0.05) is 48.9 Å². The summed E-state index contributed by atoms with van der Waals surface area (Å²) < 4.78 is 10.5. The average Bonchev–Trinajstić information content (AvgIpc) is 2.58. The highest BCUT2D eigenvalue weighted by atomic mass is 35.5. The van der Waals surface area contributed by atoms with E-state index in [1.165, 1.54) is 0 Å². The first-order valence-corrected chi connectivity index (χ1v) is 7.67. The van der Waals surface area contributed by atoms with Gasteiger partial charge < -0.3 is 9.47 Å². The average molecular weight is 333 g/mol. The number of carbonyl (C=O) groups excluding carboxylic acids is 2. The number of hydrogen-bond donors (Lipinski definition) is 0. The molecule has 0 aromatic heterocycles. The normalized spacial score (nSPS) is 11.6. The minimum atomic E-state index is -1.09. The summed E-state index contributed by atoms with van der Waals surface area (Å²) in [7, 11) is 0. The zero-order chi connectivity index (χ0) is 16.7. The van der Waals surface area contributed by atoms with E-state index < -0.39 is 18.0 Å². The van der Waals surface area contributed by atoms with Gasteiger partial charge in [-0.2, -0.15) is 0 Å². The molecule has 4 nitrogen and oxygen atoms in total. The molecular weight excluding hydrogens is 316 g/mol. The van der Waals surface area contributed by atoms with Crippen molar-refractivity contribution in [2.24, 2.45) is 0 Å². The van der Waals surface area contributed by atoms with E-state index in [-0.39, 0.29) is 6.61 Å². The Labute approximate surface area is 140 Å². The van der Waals surface area contributed by atoms with Crippen LogP contribution in [0.25, 0.3) is 0 Å². The van der Waals surface area contributed by atoms with E-state index in [0.29, 0.717) is 22.6 Å². The molecule has 1 unspecified atom stereocenters. The smallest absolute Gasteiger partial charge is 0.352 e. The van der Waals surface area contributed by atoms with Crippen LogP contribution < -0.4 is 0 Å². The summed E-state index contributed by atoms with van der Waals surface area (Å²) in [6.45, 7) is 2.17. The lowest BCUT2D eigenvalue weighted by atomic mass is 10.1. The first-order valence-electron chi connectivity index (χ1n) is 7.30. The van der Waals surface area contributed by atoms with Crippen LogP contribution in [0.5, 0.6) is 0 Å². The standard InChI is InChI=1S/C18H17ClO4/c1-2-12-22-18(21)16(13-6-4-3-5-7-13)23-17(20)14-8-10-15(19)11-9-14/h3-11,16H,2,12H2,1H3. The number of carbonyl (C=O) groups is 2. The summed E-state index contributed by atoms with van der Waals surface area (Å²) in [5.41, 5.74) is 0.884. The predicted molar refractivity (Wildman–Crippen MR) is 87.3 cm³/mol. The lowest BCUT2D eigenvalue weighted by Gasteiger charge is -2.17. The molecule has 2 aromatic rings. The number of esters is 2. The molecule has 2 aromatic carbocycles. The van der Waals surface area contributed by atoms with Crippen LogP contribution in [0.4, 0.5) is 0 Å². The van der Waals surface area contributed by atoms with E-state index in [1.54, 1.807) is 48.5 Å². The zero-order valence-electron chi connectivity index (χ0n) is 12.7. The molecule has 0 saturated heterocycles. The highest BCUT2D eigenvalue weighted by Gasteiger charge is 2.27. The predicted octanol–water partition coefficient (Wildman–Crippen LogP) is 4.19. The van der Waals surface area contributed by atoms with Crippen molar-refractivity contribution in [3.8, 4) is 0 Å². The van der Waals surface area contributed by atoms with Crippen molar-refractivity contribution in [1.29, 1.82) is 0 Å². The van der Waals surface area contributed by atoms with Crippen LogP contribution in [-0.4, -0.2) is 18.5 Å². The van der Waals surface area contributed by atoms with E-state index >= 15 is 0 Å². The highest BCUT2D eigenvalue weighted by molar-refractivity contribution is 6.30. The Morgan fingerprint density at radius 3 is 2.30 bits per heavy atom. The Morgan fingerprint density at radius 2 is 1.70 bits per heavy atom. The lowest BCUT2D eigenvalue weighted by molar-refractivity contribution is -0.154. The molecule has 23 heavy (non-hydrogen) atoms. The molecule has 0 fully saturated rings. The number of hydrogen-bond acceptors (Lipinski definition) is 4. The topological polar surface area (TPSA) is 52.6 Å². The molecule has 0 radical (unpaired) electrons. The maximum Gasteiger partial charge on any atom is 0.352 e. The third-order valence-corrected chi connectivity index (χ3v) is 3.32. The van der Waals surface area contributed by atoms with Gasteiger partial charge in [-0.25, -0.2) is 9.59 Å². The van der Waals surface area contributed by atoms with Gasteiger partial charge in [-0.3, -0.25) is 0 Å². The van der Waals surface area contributed by atoms with Crippen molar-refractivity contribution in [2.75, 3.05) is 6.61 Å². The third kappa shape index (κ3) is 4.83. The van der Waals surface area contributed by atoms with Gasteiger partial charge in [0.25, 0.3) is 0 Å². The van der Waals surface area contributed by atoms with E-state index in [1.807, 2.05) is 13.0 Å². The Kier molecular flexibility index (Phi) is 6.18. The van der Waals surface area contributed by atoms with Crippen LogP contribution in [0, 0.1) is 0 Å².